The van der Waals surface area contributed by atoms with E-state index in [1.165, 1.54) is 0 Å². The number of aliphatic hydroxyl groups is 2. The molecule has 6 N–H and O–H groups in total. The van der Waals surface area contributed by atoms with Crippen LogP contribution in [0.4, 0.5) is 0 Å². The highest BCUT2D eigenvalue weighted by Gasteiger charge is 2.08. The number of hydrogen-bond acceptors (Lipinski definition) is 8. The number of carboxylic acids is 1. The first-order valence-corrected chi connectivity index (χ1v) is 6.13. The van der Waals surface area contributed by atoms with Gasteiger partial charge in [0.05, 0.1) is 13.2 Å². The molecule has 2 unspecified atom stereocenters. The number of thiol groups is 1. The summed E-state index contributed by atoms with van der Waals surface area (Å²) < 4.78 is 31.2. The summed E-state index contributed by atoms with van der Waals surface area (Å²) >= 11 is 3.65. The first-order valence-electron chi connectivity index (χ1n) is 4.14. The van der Waals surface area contributed by atoms with E-state index in [0.29, 0.717) is 0 Å². The van der Waals surface area contributed by atoms with Gasteiger partial charge in [-0.1, -0.05) is 0 Å². The zero-order valence-electron chi connectivity index (χ0n) is 8.63. The number of aliphatic carboxylic acids is 1. The summed E-state index contributed by atoms with van der Waals surface area (Å²) in [5.41, 5.74) is 4.94. The summed E-state index contributed by atoms with van der Waals surface area (Å²) in [7, 11) is -4.50. The van der Waals surface area contributed by atoms with Crippen LogP contribution in [0.3, 0.4) is 0 Å². The molecule has 0 aromatic carbocycles. The maximum Gasteiger partial charge on any atom is 0.397 e. The van der Waals surface area contributed by atoms with Crippen molar-refractivity contribution in [1.82, 2.24) is 0 Å². The van der Waals surface area contributed by atoms with Gasteiger partial charge in [-0.05, 0) is 0 Å². The third-order valence-corrected chi connectivity index (χ3v) is 1.96. The van der Waals surface area contributed by atoms with Gasteiger partial charge in [-0.3, -0.25) is 9.35 Å². The second kappa shape index (κ2) is 9.58. The molecular weight excluding hydrogens is 278 g/mol. The zero-order chi connectivity index (χ0) is 14.1. The van der Waals surface area contributed by atoms with Gasteiger partial charge in [-0.15, -0.1) is 0 Å². The number of carboxylic acid groups (broad SMARTS) is 1. The number of nitrogens with two attached hydrogens (primary N) is 1. The van der Waals surface area contributed by atoms with E-state index in [9.17, 15) is 13.2 Å². The largest absolute Gasteiger partial charge is 0.480 e. The Kier molecular flexibility index (Phi) is 10.7. The van der Waals surface area contributed by atoms with E-state index >= 15 is 0 Å². The zero-order valence-corrected chi connectivity index (χ0v) is 10.3. The van der Waals surface area contributed by atoms with E-state index in [4.69, 9.17) is 25.6 Å². The lowest BCUT2D eigenvalue weighted by Crippen LogP contribution is -2.31. The molecule has 0 aliphatic heterocycles. The summed E-state index contributed by atoms with van der Waals surface area (Å²) in [6.07, 6.45) is -1.29. The van der Waals surface area contributed by atoms with Gasteiger partial charge in [-0.2, -0.15) is 21.0 Å². The Hall–Kier alpha value is -0.430. The van der Waals surface area contributed by atoms with Crippen LogP contribution in [0.1, 0.15) is 0 Å². The molecule has 0 rings (SSSR count). The summed E-state index contributed by atoms with van der Waals surface area (Å²) in [6, 6.07) is -0.816. The molecule has 17 heavy (non-hydrogen) atoms. The van der Waals surface area contributed by atoms with E-state index in [1.807, 2.05) is 0 Å². The maximum atomic E-state index is 9.79. The van der Waals surface area contributed by atoms with Crippen LogP contribution in [0.2, 0.25) is 0 Å². The van der Waals surface area contributed by atoms with Crippen LogP contribution >= 0.6 is 12.6 Å². The quantitative estimate of drug-likeness (QED) is 0.229. The van der Waals surface area contributed by atoms with Gasteiger partial charge in [0.1, 0.15) is 12.1 Å². The number of aliphatic hydroxyl groups excluding tert-OH is 2. The summed E-state index contributed by atoms with van der Waals surface area (Å²) in [5.74, 6) is -0.815. The molecule has 2 atom stereocenters. The molecule has 0 aromatic heterocycles. The molecule has 11 heteroatoms. The Labute approximate surface area is 104 Å². The van der Waals surface area contributed by atoms with Crippen LogP contribution in [-0.2, 0) is 19.4 Å². The number of carbonyl (C=O) groups is 1. The Morgan fingerprint density at radius 3 is 2.12 bits per heavy atom. The molecule has 0 saturated carbocycles. The predicted octanol–water partition coefficient (Wildman–Crippen LogP) is -2.51. The van der Waals surface area contributed by atoms with Gasteiger partial charge >= 0.3 is 16.4 Å². The van der Waals surface area contributed by atoms with Gasteiger partial charge < -0.3 is 21.1 Å². The Morgan fingerprint density at radius 2 is 1.94 bits per heavy atom. The number of hydrogen-bond donors (Lipinski definition) is 6. The average molecular weight is 293 g/mol. The van der Waals surface area contributed by atoms with E-state index in [-0.39, 0.29) is 5.75 Å². The molecule has 0 spiro atoms. The molecule has 9 nitrogen and oxygen atoms in total. The standard InChI is InChI=1S/C3H7NO2S.C3H8O6S/c4-2(1-7)3(5)6;4-1-3(5)2-9-10(6,7)8/h2,7H,1,4H2,(H,5,6);3-5H,1-2H2,(H,6,7,8). The average Bonchev–Trinajstić information content (AvgIpc) is 2.24. The van der Waals surface area contributed by atoms with Crippen LogP contribution in [0, 0.1) is 0 Å². The Balaban J connectivity index is 0. The number of rotatable bonds is 6. The minimum atomic E-state index is -4.50. The molecule has 0 aliphatic rings. The Morgan fingerprint density at radius 1 is 1.47 bits per heavy atom. The second-order valence-corrected chi connectivity index (χ2v) is 4.13. The molecule has 0 fully saturated rings. The molecule has 0 bridgehead atoms. The van der Waals surface area contributed by atoms with Crippen molar-refractivity contribution in [2.24, 2.45) is 5.73 Å². The first-order chi connectivity index (χ1) is 7.64. The van der Waals surface area contributed by atoms with Crippen LogP contribution in [0.25, 0.3) is 0 Å². The molecule has 104 valence electrons. The van der Waals surface area contributed by atoms with E-state index < -0.39 is 41.7 Å². The minimum absolute atomic E-state index is 0.190. The van der Waals surface area contributed by atoms with Crippen LogP contribution in [-0.4, -0.2) is 65.4 Å². The lowest BCUT2D eigenvalue weighted by Gasteiger charge is -2.03. The van der Waals surface area contributed by atoms with Gasteiger partial charge in [-0.25, -0.2) is 4.18 Å². The monoisotopic (exact) mass is 293 g/mol. The maximum absolute atomic E-state index is 9.79. The van der Waals surface area contributed by atoms with Crippen molar-refractivity contribution >= 4 is 29.0 Å². The smallest absolute Gasteiger partial charge is 0.397 e. The van der Waals surface area contributed by atoms with Crippen molar-refractivity contribution in [3.8, 4) is 0 Å². The fourth-order valence-electron chi connectivity index (χ4n) is 0.295. The van der Waals surface area contributed by atoms with Crippen molar-refractivity contribution in [3.63, 3.8) is 0 Å². The van der Waals surface area contributed by atoms with Crippen molar-refractivity contribution in [1.29, 1.82) is 0 Å². The van der Waals surface area contributed by atoms with Crippen molar-refractivity contribution < 1.29 is 37.3 Å². The van der Waals surface area contributed by atoms with Crippen LogP contribution in [0.15, 0.2) is 0 Å². The summed E-state index contributed by atoms with van der Waals surface area (Å²) in [4.78, 5) is 9.76. The molecule has 0 saturated heterocycles. The Bertz CT molecular complexity index is 305. The fourth-order valence-corrected chi connectivity index (χ4v) is 0.781. The second-order valence-electron chi connectivity index (χ2n) is 2.68. The fraction of sp³-hybridized carbons (Fsp3) is 0.833. The molecule has 0 aliphatic carbocycles. The summed E-state index contributed by atoms with van der Waals surface area (Å²) in [6.45, 7) is -1.26. The third-order valence-electron chi connectivity index (χ3n) is 1.13. The topological polar surface area (TPSA) is 167 Å². The van der Waals surface area contributed by atoms with Gasteiger partial charge in [0.2, 0.25) is 0 Å². The van der Waals surface area contributed by atoms with Gasteiger partial charge in [0.15, 0.2) is 0 Å². The highest BCUT2D eigenvalue weighted by Crippen LogP contribution is 1.89. The predicted molar refractivity (Wildman–Crippen MR) is 60.1 cm³/mol. The molecule has 0 aromatic rings. The molecule has 0 amide bonds. The normalized spacial score (nSPS) is 14.4. The van der Waals surface area contributed by atoms with E-state index in [2.05, 4.69) is 16.8 Å². The van der Waals surface area contributed by atoms with Gasteiger partial charge in [0, 0.05) is 5.75 Å². The third kappa shape index (κ3) is 15.6. The van der Waals surface area contributed by atoms with Crippen molar-refractivity contribution in [3.05, 3.63) is 0 Å². The van der Waals surface area contributed by atoms with E-state index in [0.717, 1.165) is 0 Å². The molecule has 0 radical (unpaired) electrons. The van der Waals surface area contributed by atoms with Crippen molar-refractivity contribution in [2.45, 2.75) is 12.1 Å². The first kappa shape index (κ1) is 18.9. The minimum Gasteiger partial charge on any atom is -0.480 e. The lowest BCUT2D eigenvalue weighted by molar-refractivity contribution is -0.137. The highest BCUT2D eigenvalue weighted by atomic mass is 32.3. The van der Waals surface area contributed by atoms with Crippen LogP contribution < -0.4 is 5.73 Å². The van der Waals surface area contributed by atoms with Crippen LogP contribution in [0.5, 0.6) is 0 Å². The SMILES string of the molecule is NC(CS)C(=O)O.O=S(=O)(O)OCC(O)CO. The van der Waals surface area contributed by atoms with Crippen molar-refractivity contribution in [2.75, 3.05) is 19.0 Å². The highest BCUT2D eigenvalue weighted by molar-refractivity contribution is 7.80. The van der Waals surface area contributed by atoms with Gasteiger partial charge in [0.25, 0.3) is 0 Å². The summed E-state index contributed by atoms with van der Waals surface area (Å²) in [5, 5.41) is 24.6. The lowest BCUT2D eigenvalue weighted by atomic mass is 10.4. The molecular formula is C6H15NO8S2. The molecule has 0 heterocycles. The van der Waals surface area contributed by atoms with E-state index in [1.54, 1.807) is 0 Å².